The molecule has 0 aliphatic carbocycles. The summed E-state index contributed by atoms with van der Waals surface area (Å²) in [6, 6.07) is 5.51. The quantitative estimate of drug-likeness (QED) is 0.847. The predicted molar refractivity (Wildman–Crippen MR) is 82.5 cm³/mol. The maximum atomic E-state index is 12.2. The molecule has 2 atom stereocenters. The normalized spacial score (nSPS) is 25.8. The zero-order valence-electron chi connectivity index (χ0n) is 11.6. The SMILES string of the molecule is O=C1NCCc2ccc(C(Cl)C3CCCCS3(=O)=O)cc21. The van der Waals surface area contributed by atoms with Crippen molar-refractivity contribution in [3.05, 3.63) is 34.9 Å². The highest BCUT2D eigenvalue weighted by Crippen LogP contribution is 2.36. The molecule has 2 aliphatic rings. The van der Waals surface area contributed by atoms with Crippen LogP contribution in [0.5, 0.6) is 0 Å². The summed E-state index contributed by atoms with van der Waals surface area (Å²) in [5, 5.41) is 1.67. The third-order valence-corrected chi connectivity index (χ3v) is 7.33. The molecule has 1 fully saturated rings. The number of halogens is 1. The number of nitrogens with one attached hydrogen (secondary N) is 1. The molecule has 0 saturated carbocycles. The number of benzene rings is 1. The van der Waals surface area contributed by atoms with Gasteiger partial charge in [-0.05, 0) is 36.5 Å². The molecule has 2 heterocycles. The number of hydrogen-bond acceptors (Lipinski definition) is 3. The van der Waals surface area contributed by atoms with Crippen molar-refractivity contribution >= 4 is 27.3 Å². The number of fused-ring (bicyclic) bond motifs is 1. The summed E-state index contributed by atoms with van der Waals surface area (Å²) >= 11 is 6.45. The lowest BCUT2D eigenvalue weighted by molar-refractivity contribution is 0.0946. The Labute approximate surface area is 129 Å². The number of sulfone groups is 1. The highest BCUT2D eigenvalue weighted by molar-refractivity contribution is 7.92. The van der Waals surface area contributed by atoms with Crippen molar-refractivity contribution in [1.29, 1.82) is 0 Å². The standard InChI is InChI=1S/C15H18ClNO3S/c16-14(13-3-1-2-8-21(13,19)20)11-5-4-10-6-7-17-15(18)12(10)9-11/h4-5,9,13-14H,1-3,6-8H2,(H,17,18). The van der Waals surface area contributed by atoms with E-state index in [1.807, 2.05) is 12.1 Å². The van der Waals surface area contributed by atoms with Crippen molar-refractivity contribution in [2.75, 3.05) is 12.3 Å². The zero-order valence-corrected chi connectivity index (χ0v) is 13.2. The summed E-state index contributed by atoms with van der Waals surface area (Å²) < 4.78 is 24.4. The van der Waals surface area contributed by atoms with Crippen LogP contribution in [0.15, 0.2) is 18.2 Å². The fourth-order valence-corrected chi connectivity index (χ4v) is 5.81. The molecular weight excluding hydrogens is 310 g/mol. The fourth-order valence-electron chi connectivity index (χ4n) is 3.12. The first kappa shape index (κ1) is 14.9. The number of amides is 1. The van der Waals surface area contributed by atoms with Crippen molar-refractivity contribution in [2.24, 2.45) is 0 Å². The summed E-state index contributed by atoms with van der Waals surface area (Å²) in [7, 11) is -3.14. The molecule has 6 heteroatoms. The van der Waals surface area contributed by atoms with Gasteiger partial charge in [-0.2, -0.15) is 0 Å². The first-order chi connectivity index (χ1) is 9.99. The summed E-state index contributed by atoms with van der Waals surface area (Å²) in [4.78, 5) is 11.9. The molecule has 1 amide bonds. The van der Waals surface area contributed by atoms with E-state index in [1.54, 1.807) is 6.07 Å². The smallest absolute Gasteiger partial charge is 0.251 e. The van der Waals surface area contributed by atoms with Crippen molar-refractivity contribution in [1.82, 2.24) is 5.32 Å². The number of carbonyl (C=O) groups excluding carboxylic acids is 1. The summed E-state index contributed by atoms with van der Waals surface area (Å²) in [5.41, 5.74) is 2.35. The van der Waals surface area contributed by atoms with Crippen LogP contribution < -0.4 is 5.32 Å². The molecule has 0 bridgehead atoms. The van der Waals surface area contributed by atoms with E-state index in [4.69, 9.17) is 11.6 Å². The van der Waals surface area contributed by atoms with Crippen LogP contribution in [0.4, 0.5) is 0 Å². The lowest BCUT2D eigenvalue weighted by Gasteiger charge is -2.27. The van der Waals surface area contributed by atoms with Gasteiger partial charge in [0.25, 0.3) is 5.91 Å². The Morgan fingerprint density at radius 1 is 1.29 bits per heavy atom. The van der Waals surface area contributed by atoms with Crippen LogP contribution in [0.3, 0.4) is 0 Å². The largest absolute Gasteiger partial charge is 0.352 e. The molecule has 114 valence electrons. The van der Waals surface area contributed by atoms with Gasteiger partial charge in [-0.1, -0.05) is 18.6 Å². The van der Waals surface area contributed by atoms with E-state index in [0.29, 0.717) is 18.5 Å². The first-order valence-corrected chi connectivity index (χ1v) is 9.41. The van der Waals surface area contributed by atoms with Gasteiger partial charge < -0.3 is 5.32 Å². The molecule has 0 spiro atoms. The number of rotatable bonds is 2. The Morgan fingerprint density at radius 2 is 2.10 bits per heavy atom. The Kier molecular flexibility index (Phi) is 3.97. The Balaban J connectivity index is 1.93. The monoisotopic (exact) mass is 327 g/mol. The topological polar surface area (TPSA) is 63.2 Å². The molecule has 1 aromatic rings. The zero-order chi connectivity index (χ0) is 15.0. The number of carbonyl (C=O) groups is 1. The molecule has 21 heavy (non-hydrogen) atoms. The first-order valence-electron chi connectivity index (χ1n) is 7.26. The Morgan fingerprint density at radius 3 is 2.86 bits per heavy atom. The molecule has 1 saturated heterocycles. The van der Waals surface area contributed by atoms with Crippen molar-refractivity contribution < 1.29 is 13.2 Å². The van der Waals surface area contributed by atoms with Crippen LogP contribution in [0.25, 0.3) is 0 Å². The Hall–Kier alpha value is -1.07. The summed E-state index contributed by atoms with van der Waals surface area (Å²) in [6.45, 7) is 0.645. The molecule has 3 rings (SSSR count). The van der Waals surface area contributed by atoms with Crippen LogP contribution >= 0.6 is 11.6 Å². The van der Waals surface area contributed by atoms with Gasteiger partial charge in [0.1, 0.15) is 0 Å². The molecule has 0 aromatic heterocycles. The van der Waals surface area contributed by atoms with Crippen molar-refractivity contribution in [2.45, 2.75) is 36.3 Å². The van der Waals surface area contributed by atoms with E-state index in [-0.39, 0.29) is 11.7 Å². The lowest BCUT2D eigenvalue weighted by atomic mass is 9.95. The minimum Gasteiger partial charge on any atom is -0.352 e. The van der Waals surface area contributed by atoms with E-state index >= 15 is 0 Å². The van der Waals surface area contributed by atoms with E-state index in [2.05, 4.69) is 5.32 Å². The molecular formula is C15H18ClNO3S. The van der Waals surface area contributed by atoms with Gasteiger partial charge in [-0.3, -0.25) is 4.79 Å². The predicted octanol–water partition coefficient (Wildman–Crippen LogP) is 2.22. The molecule has 0 radical (unpaired) electrons. The van der Waals surface area contributed by atoms with Crippen LogP contribution in [0.1, 0.15) is 46.1 Å². The van der Waals surface area contributed by atoms with Crippen molar-refractivity contribution in [3.8, 4) is 0 Å². The second kappa shape index (κ2) is 5.61. The lowest BCUT2D eigenvalue weighted by Crippen LogP contribution is -2.33. The third-order valence-electron chi connectivity index (χ3n) is 4.33. The summed E-state index contributed by atoms with van der Waals surface area (Å²) in [5.74, 6) is 0.111. The van der Waals surface area contributed by atoms with Crippen LogP contribution in [0, 0.1) is 0 Å². The molecule has 4 nitrogen and oxygen atoms in total. The minimum absolute atomic E-state index is 0.103. The van der Waals surface area contributed by atoms with E-state index in [1.165, 1.54) is 0 Å². The molecule has 2 unspecified atom stereocenters. The molecule has 1 N–H and O–H groups in total. The van der Waals surface area contributed by atoms with Crippen molar-refractivity contribution in [3.63, 3.8) is 0 Å². The van der Waals surface area contributed by atoms with E-state index in [9.17, 15) is 13.2 Å². The Bertz CT molecular complexity index is 671. The van der Waals surface area contributed by atoms with Gasteiger partial charge in [0.05, 0.1) is 16.4 Å². The molecule has 1 aromatic carbocycles. The summed E-state index contributed by atoms with van der Waals surface area (Å²) in [6.07, 6.45) is 3.00. The minimum atomic E-state index is -3.14. The second-order valence-corrected chi connectivity index (χ2v) is 8.54. The van der Waals surface area contributed by atoms with E-state index in [0.717, 1.165) is 30.4 Å². The van der Waals surface area contributed by atoms with Gasteiger partial charge in [0, 0.05) is 12.1 Å². The van der Waals surface area contributed by atoms with Crippen LogP contribution in [-0.2, 0) is 16.3 Å². The average molecular weight is 328 g/mol. The highest BCUT2D eigenvalue weighted by atomic mass is 35.5. The number of alkyl halides is 1. The average Bonchev–Trinajstić information content (AvgIpc) is 2.46. The van der Waals surface area contributed by atoms with Gasteiger partial charge in [0.2, 0.25) is 0 Å². The van der Waals surface area contributed by atoms with Gasteiger partial charge >= 0.3 is 0 Å². The van der Waals surface area contributed by atoms with Crippen LogP contribution in [-0.4, -0.2) is 31.9 Å². The van der Waals surface area contributed by atoms with Gasteiger partial charge in [0.15, 0.2) is 9.84 Å². The van der Waals surface area contributed by atoms with Gasteiger partial charge in [-0.25, -0.2) is 8.42 Å². The second-order valence-electron chi connectivity index (χ2n) is 5.73. The molecule has 2 aliphatic heterocycles. The van der Waals surface area contributed by atoms with Gasteiger partial charge in [-0.15, -0.1) is 11.6 Å². The third kappa shape index (κ3) is 2.81. The number of hydrogen-bond donors (Lipinski definition) is 1. The highest BCUT2D eigenvalue weighted by Gasteiger charge is 2.35. The van der Waals surface area contributed by atoms with E-state index < -0.39 is 20.5 Å². The van der Waals surface area contributed by atoms with Crippen LogP contribution in [0.2, 0.25) is 0 Å². The fraction of sp³-hybridized carbons (Fsp3) is 0.533. The maximum Gasteiger partial charge on any atom is 0.251 e. The maximum absolute atomic E-state index is 12.2.